The Morgan fingerprint density at radius 3 is 2.61 bits per heavy atom. The highest BCUT2D eigenvalue weighted by Gasteiger charge is 2.10. The van der Waals surface area contributed by atoms with Crippen molar-refractivity contribution in [3.63, 3.8) is 0 Å². The van der Waals surface area contributed by atoms with Crippen molar-refractivity contribution in [2.45, 2.75) is 33.4 Å². The second-order valence-electron chi connectivity index (χ2n) is 6.57. The zero-order valence-electron chi connectivity index (χ0n) is 17.6. The van der Waals surface area contributed by atoms with Crippen molar-refractivity contribution < 1.29 is 9.47 Å². The molecule has 1 heterocycles. The number of methoxy groups -OCH3 is 1. The minimum absolute atomic E-state index is 0.470. The fraction of sp³-hybridized carbons (Fsp3) is 0.550. The number of ether oxygens (including phenoxy) is 2. The lowest BCUT2D eigenvalue weighted by Gasteiger charge is -2.23. The number of benzene rings is 1. The molecule has 1 aromatic heterocycles. The van der Waals surface area contributed by atoms with E-state index >= 15 is 0 Å². The summed E-state index contributed by atoms with van der Waals surface area (Å²) < 4.78 is 12.6. The van der Waals surface area contributed by atoms with E-state index in [4.69, 9.17) is 14.5 Å². The molecule has 0 aliphatic heterocycles. The van der Waals surface area contributed by atoms with Gasteiger partial charge in [0, 0.05) is 40.9 Å². The van der Waals surface area contributed by atoms with E-state index < -0.39 is 0 Å². The van der Waals surface area contributed by atoms with Gasteiger partial charge in [-0.15, -0.1) is 10.2 Å². The van der Waals surface area contributed by atoms with Crippen LogP contribution in [0.15, 0.2) is 29.3 Å². The van der Waals surface area contributed by atoms with Gasteiger partial charge >= 0.3 is 0 Å². The van der Waals surface area contributed by atoms with Crippen LogP contribution in [0.25, 0.3) is 0 Å². The summed E-state index contributed by atoms with van der Waals surface area (Å²) in [6.07, 6.45) is 0.912. The molecule has 2 aromatic rings. The Hall–Kier alpha value is -2.61. The van der Waals surface area contributed by atoms with Gasteiger partial charge < -0.3 is 24.3 Å². The number of nitrogens with one attached hydrogen (secondary N) is 1. The molecule has 0 saturated carbocycles. The van der Waals surface area contributed by atoms with Crippen LogP contribution in [0.5, 0.6) is 5.75 Å². The van der Waals surface area contributed by atoms with Crippen molar-refractivity contribution in [3.8, 4) is 5.75 Å². The molecule has 8 nitrogen and oxygen atoms in total. The van der Waals surface area contributed by atoms with Gasteiger partial charge in [0.15, 0.2) is 11.8 Å². The highest BCUT2D eigenvalue weighted by molar-refractivity contribution is 5.79. The summed E-state index contributed by atoms with van der Waals surface area (Å²) in [6.45, 7) is 7.30. The molecule has 0 aliphatic rings. The second-order valence-corrected chi connectivity index (χ2v) is 6.57. The lowest BCUT2D eigenvalue weighted by Crippen LogP contribution is -2.39. The maximum atomic E-state index is 5.51. The molecule has 2 rings (SSSR count). The summed E-state index contributed by atoms with van der Waals surface area (Å²) in [7, 11) is 5.69. The molecule has 0 bridgehead atoms. The molecule has 28 heavy (non-hydrogen) atoms. The molecule has 1 aromatic carbocycles. The average molecular weight is 389 g/mol. The van der Waals surface area contributed by atoms with Crippen LogP contribution in [0.2, 0.25) is 0 Å². The van der Waals surface area contributed by atoms with Crippen LogP contribution >= 0.6 is 0 Å². The summed E-state index contributed by atoms with van der Waals surface area (Å²) in [5.74, 6) is 3.43. The molecule has 1 N–H and O–H groups in total. The first-order valence-electron chi connectivity index (χ1n) is 9.60. The van der Waals surface area contributed by atoms with Gasteiger partial charge in [-0.2, -0.15) is 0 Å². The quantitative estimate of drug-likeness (QED) is 0.382. The van der Waals surface area contributed by atoms with Crippen LogP contribution < -0.4 is 10.1 Å². The highest BCUT2D eigenvalue weighted by Crippen LogP contribution is 2.13. The Kier molecular flexibility index (Phi) is 8.74. The fourth-order valence-corrected chi connectivity index (χ4v) is 2.67. The number of guanidine groups is 1. The molecule has 0 atom stereocenters. The molecular weight excluding hydrogens is 356 g/mol. The van der Waals surface area contributed by atoms with Crippen molar-refractivity contribution in [2.75, 3.05) is 33.9 Å². The molecule has 8 heteroatoms. The van der Waals surface area contributed by atoms with E-state index in [-0.39, 0.29) is 0 Å². The maximum Gasteiger partial charge on any atom is 0.194 e. The number of aryl methyl sites for hydroxylation is 1. The van der Waals surface area contributed by atoms with Crippen molar-refractivity contribution in [1.29, 1.82) is 0 Å². The molecular formula is C20H32N6O2. The molecule has 0 unspecified atom stereocenters. The monoisotopic (exact) mass is 388 g/mol. The van der Waals surface area contributed by atoms with E-state index in [1.807, 2.05) is 44.6 Å². The molecule has 0 aliphatic carbocycles. The van der Waals surface area contributed by atoms with Gasteiger partial charge in [-0.05, 0) is 38.0 Å². The van der Waals surface area contributed by atoms with Gasteiger partial charge in [0.2, 0.25) is 0 Å². The predicted molar refractivity (Wildman–Crippen MR) is 110 cm³/mol. The minimum Gasteiger partial charge on any atom is -0.494 e. The lowest BCUT2D eigenvalue weighted by atomic mass is 10.2. The SMILES string of the molecule is CCOc1ccc(CN(C)C(=NCc2nnc(C)n2C)NCCCOC)cc1. The van der Waals surface area contributed by atoms with Crippen LogP contribution in [-0.2, 0) is 24.9 Å². The predicted octanol–water partition coefficient (Wildman–Crippen LogP) is 2.14. The first-order chi connectivity index (χ1) is 13.5. The summed E-state index contributed by atoms with van der Waals surface area (Å²) >= 11 is 0. The number of nitrogens with zero attached hydrogens (tertiary/aromatic N) is 5. The highest BCUT2D eigenvalue weighted by atomic mass is 16.5. The summed E-state index contributed by atoms with van der Waals surface area (Å²) in [4.78, 5) is 6.85. The third-order valence-corrected chi connectivity index (χ3v) is 4.38. The van der Waals surface area contributed by atoms with Crippen LogP contribution in [-0.4, -0.2) is 59.5 Å². The Bertz CT molecular complexity index is 742. The standard InChI is InChI=1S/C20H32N6O2/c1-6-28-18-10-8-17(9-11-18)15-25(3)20(21-12-7-13-27-5)22-14-19-24-23-16(2)26(19)4/h8-11H,6-7,12-15H2,1-5H3,(H,21,22). The van der Waals surface area contributed by atoms with Crippen LogP contribution in [0.3, 0.4) is 0 Å². The van der Waals surface area contributed by atoms with Crippen LogP contribution in [0.1, 0.15) is 30.6 Å². The van der Waals surface area contributed by atoms with E-state index in [1.165, 1.54) is 5.56 Å². The number of rotatable bonds is 10. The number of hydrogen-bond donors (Lipinski definition) is 1. The van der Waals surface area contributed by atoms with E-state index in [1.54, 1.807) is 7.11 Å². The van der Waals surface area contributed by atoms with E-state index in [2.05, 4.69) is 32.5 Å². The zero-order chi connectivity index (χ0) is 20.4. The number of hydrogen-bond acceptors (Lipinski definition) is 5. The third kappa shape index (κ3) is 6.53. The Labute approximate surface area is 167 Å². The Morgan fingerprint density at radius 1 is 1.25 bits per heavy atom. The summed E-state index contributed by atoms with van der Waals surface area (Å²) in [6, 6.07) is 8.15. The molecule has 0 amide bonds. The van der Waals surface area contributed by atoms with E-state index in [9.17, 15) is 0 Å². The summed E-state index contributed by atoms with van der Waals surface area (Å²) in [5, 5.41) is 11.7. The molecule has 0 spiro atoms. The number of aromatic nitrogens is 3. The van der Waals surface area contributed by atoms with E-state index in [0.29, 0.717) is 19.8 Å². The first-order valence-corrected chi connectivity index (χ1v) is 9.60. The van der Waals surface area contributed by atoms with Gasteiger partial charge in [0.25, 0.3) is 0 Å². The summed E-state index contributed by atoms with van der Waals surface area (Å²) in [5.41, 5.74) is 1.19. The van der Waals surface area contributed by atoms with Gasteiger partial charge in [0.1, 0.15) is 18.1 Å². The Balaban J connectivity index is 2.05. The number of aliphatic imine (C=N–C) groups is 1. The van der Waals surface area contributed by atoms with Gasteiger partial charge in [-0.1, -0.05) is 12.1 Å². The normalized spacial score (nSPS) is 11.5. The third-order valence-electron chi connectivity index (χ3n) is 4.38. The molecule has 0 radical (unpaired) electrons. The minimum atomic E-state index is 0.470. The molecule has 0 saturated heterocycles. The molecule has 0 fully saturated rings. The van der Waals surface area contributed by atoms with Gasteiger partial charge in [0.05, 0.1) is 6.61 Å². The van der Waals surface area contributed by atoms with Gasteiger partial charge in [-0.25, -0.2) is 4.99 Å². The maximum absolute atomic E-state index is 5.51. The lowest BCUT2D eigenvalue weighted by molar-refractivity contribution is 0.195. The van der Waals surface area contributed by atoms with Crippen molar-refractivity contribution >= 4 is 5.96 Å². The average Bonchev–Trinajstić information content (AvgIpc) is 3.01. The fourth-order valence-electron chi connectivity index (χ4n) is 2.67. The van der Waals surface area contributed by atoms with Crippen molar-refractivity contribution in [1.82, 2.24) is 25.0 Å². The van der Waals surface area contributed by atoms with E-state index in [0.717, 1.165) is 42.9 Å². The zero-order valence-corrected chi connectivity index (χ0v) is 17.6. The van der Waals surface area contributed by atoms with Gasteiger partial charge in [-0.3, -0.25) is 0 Å². The largest absolute Gasteiger partial charge is 0.494 e. The second kappa shape index (κ2) is 11.3. The Morgan fingerprint density at radius 2 is 2.00 bits per heavy atom. The first kappa shape index (κ1) is 21.7. The van der Waals surface area contributed by atoms with Crippen molar-refractivity contribution in [2.24, 2.45) is 12.0 Å². The molecule has 154 valence electrons. The topological polar surface area (TPSA) is 76.8 Å². The van der Waals surface area contributed by atoms with Crippen LogP contribution in [0.4, 0.5) is 0 Å². The van der Waals surface area contributed by atoms with Crippen molar-refractivity contribution in [3.05, 3.63) is 41.5 Å². The van der Waals surface area contributed by atoms with Crippen LogP contribution in [0, 0.1) is 6.92 Å². The smallest absolute Gasteiger partial charge is 0.194 e.